The highest BCUT2D eigenvalue weighted by atomic mass is 32.1. The second-order valence-corrected chi connectivity index (χ2v) is 5.74. The third kappa shape index (κ3) is 1.53. The van der Waals surface area contributed by atoms with Crippen molar-refractivity contribution >= 4 is 38.7 Å². The first-order valence-electron chi connectivity index (χ1n) is 6.42. The van der Waals surface area contributed by atoms with Crippen LogP contribution in [0.5, 0.6) is 0 Å². The molecule has 0 N–H and O–H groups in total. The Hall–Kier alpha value is -2.39. The predicted octanol–water partition coefficient (Wildman–Crippen LogP) is 4.66. The van der Waals surface area contributed by atoms with Crippen LogP contribution in [0.25, 0.3) is 26.8 Å². The molecule has 0 spiro atoms. The summed E-state index contributed by atoms with van der Waals surface area (Å²) in [6.45, 7) is 0. The number of thiophene rings is 1. The largest absolute Gasteiger partial charge is 0.301 e. The van der Waals surface area contributed by atoms with Crippen molar-refractivity contribution in [3.63, 3.8) is 0 Å². The first kappa shape index (κ1) is 11.4. The molecule has 2 heterocycles. The Morgan fingerprint density at radius 3 is 2.45 bits per heavy atom. The second-order valence-electron chi connectivity index (χ2n) is 4.67. The SMILES string of the molecule is O=Cc1cc2c3ccccc3n(-c3ccccc3)c2s1. The maximum absolute atomic E-state index is 11.1. The van der Waals surface area contributed by atoms with Gasteiger partial charge in [-0.3, -0.25) is 4.79 Å². The summed E-state index contributed by atoms with van der Waals surface area (Å²) in [5.74, 6) is 0. The number of nitrogens with zero attached hydrogens (tertiary/aromatic N) is 1. The zero-order chi connectivity index (χ0) is 13.5. The highest BCUT2D eigenvalue weighted by Gasteiger charge is 2.14. The molecule has 3 heteroatoms. The Bertz CT molecular complexity index is 918. The van der Waals surface area contributed by atoms with Gasteiger partial charge in [0.05, 0.1) is 10.4 Å². The average molecular weight is 277 g/mol. The van der Waals surface area contributed by atoms with Gasteiger partial charge in [-0.15, -0.1) is 11.3 Å². The third-order valence-electron chi connectivity index (χ3n) is 3.50. The molecule has 0 saturated heterocycles. The van der Waals surface area contributed by atoms with Gasteiger partial charge in [-0.25, -0.2) is 0 Å². The second kappa shape index (κ2) is 4.32. The zero-order valence-electron chi connectivity index (χ0n) is 10.6. The number of carbonyl (C=O) groups excluding carboxylic acids is 1. The molecule has 2 nitrogen and oxygen atoms in total. The minimum atomic E-state index is 0.769. The monoisotopic (exact) mass is 277 g/mol. The Kier molecular flexibility index (Phi) is 2.47. The topological polar surface area (TPSA) is 22.0 Å². The molecule has 4 rings (SSSR count). The Labute approximate surface area is 119 Å². The van der Waals surface area contributed by atoms with Gasteiger partial charge in [0.2, 0.25) is 0 Å². The van der Waals surface area contributed by atoms with Crippen LogP contribution >= 0.6 is 11.3 Å². The van der Waals surface area contributed by atoms with Gasteiger partial charge >= 0.3 is 0 Å². The van der Waals surface area contributed by atoms with Gasteiger partial charge in [-0.2, -0.15) is 0 Å². The van der Waals surface area contributed by atoms with E-state index in [1.54, 1.807) is 0 Å². The minimum Gasteiger partial charge on any atom is -0.301 e. The maximum atomic E-state index is 11.1. The van der Waals surface area contributed by atoms with Crippen LogP contribution in [0.4, 0.5) is 0 Å². The Morgan fingerprint density at radius 1 is 0.900 bits per heavy atom. The summed E-state index contributed by atoms with van der Waals surface area (Å²) in [5, 5.41) is 2.34. The highest BCUT2D eigenvalue weighted by Crippen LogP contribution is 2.36. The lowest BCUT2D eigenvalue weighted by atomic mass is 10.2. The molecular formula is C17H11NOS. The van der Waals surface area contributed by atoms with E-state index in [2.05, 4.69) is 28.8 Å². The van der Waals surface area contributed by atoms with Gasteiger partial charge in [-0.1, -0.05) is 36.4 Å². The standard InChI is InChI=1S/C17H11NOS/c19-11-13-10-15-14-8-4-5-9-16(14)18(17(15)20-13)12-6-2-1-3-7-12/h1-11H. The van der Waals surface area contributed by atoms with E-state index >= 15 is 0 Å². The summed E-state index contributed by atoms with van der Waals surface area (Å²) in [7, 11) is 0. The van der Waals surface area contributed by atoms with Crippen molar-refractivity contribution in [1.29, 1.82) is 0 Å². The van der Waals surface area contributed by atoms with Crippen LogP contribution in [0.1, 0.15) is 9.67 Å². The van der Waals surface area contributed by atoms with Gasteiger partial charge in [0.25, 0.3) is 0 Å². The molecule has 2 aromatic heterocycles. The maximum Gasteiger partial charge on any atom is 0.160 e. The predicted molar refractivity (Wildman–Crippen MR) is 84.0 cm³/mol. The first-order valence-corrected chi connectivity index (χ1v) is 7.24. The summed E-state index contributed by atoms with van der Waals surface area (Å²) in [4.78, 5) is 13.0. The molecule has 0 aliphatic rings. The van der Waals surface area contributed by atoms with Crippen LogP contribution < -0.4 is 0 Å². The molecule has 0 unspecified atom stereocenters. The van der Waals surface area contributed by atoms with Crippen molar-refractivity contribution in [2.75, 3.05) is 0 Å². The van der Waals surface area contributed by atoms with Crippen molar-refractivity contribution in [2.45, 2.75) is 0 Å². The lowest BCUT2D eigenvalue weighted by Gasteiger charge is -2.05. The Morgan fingerprint density at radius 2 is 1.65 bits per heavy atom. The number of hydrogen-bond acceptors (Lipinski definition) is 2. The smallest absolute Gasteiger partial charge is 0.160 e. The van der Waals surface area contributed by atoms with Gasteiger partial charge in [0.15, 0.2) is 6.29 Å². The van der Waals surface area contributed by atoms with E-state index in [1.165, 1.54) is 22.2 Å². The molecule has 0 fully saturated rings. The molecule has 0 radical (unpaired) electrons. The fourth-order valence-electron chi connectivity index (χ4n) is 2.66. The molecule has 0 saturated carbocycles. The van der Waals surface area contributed by atoms with Crippen molar-refractivity contribution < 1.29 is 4.79 Å². The van der Waals surface area contributed by atoms with Crippen LogP contribution in [0, 0.1) is 0 Å². The molecule has 0 atom stereocenters. The van der Waals surface area contributed by atoms with Gasteiger partial charge in [0.1, 0.15) is 4.83 Å². The molecule has 20 heavy (non-hydrogen) atoms. The van der Waals surface area contributed by atoms with Crippen molar-refractivity contribution in [2.24, 2.45) is 0 Å². The summed E-state index contributed by atoms with van der Waals surface area (Å²) in [6, 6.07) is 20.6. The lowest BCUT2D eigenvalue weighted by Crippen LogP contribution is -1.91. The van der Waals surface area contributed by atoms with E-state index in [-0.39, 0.29) is 0 Å². The van der Waals surface area contributed by atoms with Crippen LogP contribution in [-0.4, -0.2) is 10.9 Å². The van der Waals surface area contributed by atoms with E-state index < -0.39 is 0 Å². The Balaban J connectivity index is 2.20. The summed E-state index contributed by atoms with van der Waals surface area (Å²) in [6.07, 6.45) is 0.925. The van der Waals surface area contributed by atoms with Crippen molar-refractivity contribution in [3.8, 4) is 5.69 Å². The molecule has 0 bridgehead atoms. The number of fused-ring (bicyclic) bond motifs is 3. The molecule has 4 aromatic rings. The normalized spacial score (nSPS) is 11.2. The number of rotatable bonds is 2. The van der Waals surface area contributed by atoms with E-state index in [9.17, 15) is 4.79 Å². The van der Waals surface area contributed by atoms with Gasteiger partial charge in [-0.05, 0) is 24.3 Å². The van der Waals surface area contributed by atoms with Crippen LogP contribution in [0.3, 0.4) is 0 Å². The van der Waals surface area contributed by atoms with Crippen molar-refractivity contribution in [1.82, 2.24) is 4.57 Å². The van der Waals surface area contributed by atoms with Gasteiger partial charge in [0, 0.05) is 16.5 Å². The number of aromatic nitrogens is 1. The van der Waals surface area contributed by atoms with Gasteiger partial charge < -0.3 is 4.57 Å². The number of hydrogen-bond donors (Lipinski definition) is 0. The van der Waals surface area contributed by atoms with E-state index in [0.29, 0.717) is 0 Å². The van der Waals surface area contributed by atoms with E-state index in [4.69, 9.17) is 0 Å². The van der Waals surface area contributed by atoms with Crippen molar-refractivity contribution in [3.05, 3.63) is 65.5 Å². The molecular weight excluding hydrogens is 266 g/mol. The van der Waals surface area contributed by atoms with Crippen LogP contribution in [-0.2, 0) is 0 Å². The number of benzene rings is 2. The average Bonchev–Trinajstić information content (AvgIpc) is 3.04. The summed E-state index contributed by atoms with van der Waals surface area (Å²) >= 11 is 1.54. The van der Waals surface area contributed by atoms with Crippen LogP contribution in [0.2, 0.25) is 0 Å². The van der Waals surface area contributed by atoms with Crippen LogP contribution in [0.15, 0.2) is 60.7 Å². The first-order chi connectivity index (χ1) is 9.88. The minimum absolute atomic E-state index is 0.769. The fourth-order valence-corrected chi connectivity index (χ4v) is 3.68. The number of aldehydes is 1. The summed E-state index contributed by atoms with van der Waals surface area (Å²) in [5.41, 5.74) is 2.30. The number of para-hydroxylation sites is 2. The molecule has 2 aromatic carbocycles. The quantitative estimate of drug-likeness (QED) is 0.488. The molecule has 0 aliphatic carbocycles. The van der Waals surface area contributed by atoms with E-state index in [0.717, 1.165) is 27.1 Å². The summed E-state index contributed by atoms with van der Waals surface area (Å²) < 4.78 is 2.22. The zero-order valence-corrected chi connectivity index (χ0v) is 11.4. The number of carbonyl (C=O) groups is 1. The molecule has 0 aliphatic heterocycles. The molecule has 96 valence electrons. The lowest BCUT2D eigenvalue weighted by molar-refractivity contribution is 0.112. The third-order valence-corrected chi connectivity index (χ3v) is 4.55. The fraction of sp³-hybridized carbons (Fsp3) is 0. The molecule has 0 amide bonds. The highest BCUT2D eigenvalue weighted by molar-refractivity contribution is 7.20. The van der Waals surface area contributed by atoms with E-state index in [1.807, 2.05) is 36.4 Å².